The summed E-state index contributed by atoms with van der Waals surface area (Å²) < 4.78 is -0.730. The molecule has 2 heterocycles. The van der Waals surface area contributed by atoms with Crippen molar-refractivity contribution in [2.45, 2.75) is 24.8 Å². The molecule has 0 unspecified atom stereocenters. The Bertz CT molecular complexity index is 893. The average Bonchev–Trinajstić information content (AvgIpc) is 2.62. The summed E-state index contributed by atoms with van der Waals surface area (Å²) >= 11 is 0. The Balaban J connectivity index is 2.04. The molecule has 134 valence electrons. The van der Waals surface area contributed by atoms with E-state index in [9.17, 15) is 19.6 Å². The van der Waals surface area contributed by atoms with E-state index < -0.39 is 28.0 Å². The molecule has 2 aliphatic rings. The molecule has 0 aromatic heterocycles. The SMILES string of the molecule is O=C1NC(=O)C(c2cccc3ccccc23)([N+]2(O)CCCCC2)C(=O)N1. The van der Waals surface area contributed by atoms with Crippen LogP contribution in [0.1, 0.15) is 24.8 Å². The molecular weight excluding hydrogens is 334 g/mol. The molecule has 0 atom stereocenters. The summed E-state index contributed by atoms with van der Waals surface area (Å²) in [4.78, 5) is 37.9. The molecule has 2 aromatic rings. The topological polar surface area (TPSA) is 95.5 Å². The second-order valence-electron chi connectivity index (χ2n) is 6.91. The van der Waals surface area contributed by atoms with Crippen LogP contribution in [0.3, 0.4) is 0 Å². The van der Waals surface area contributed by atoms with Gasteiger partial charge in [-0.2, -0.15) is 4.65 Å². The number of carbonyl (C=O) groups is 3. The maximum Gasteiger partial charge on any atom is 0.328 e. The summed E-state index contributed by atoms with van der Waals surface area (Å²) in [5.41, 5.74) is -1.52. The van der Waals surface area contributed by atoms with Gasteiger partial charge in [0.05, 0.1) is 0 Å². The van der Waals surface area contributed by atoms with E-state index in [1.54, 1.807) is 12.1 Å². The number of nitrogens with one attached hydrogen (secondary N) is 2. The average molecular weight is 354 g/mol. The molecule has 0 spiro atoms. The van der Waals surface area contributed by atoms with Crippen LogP contribution in [-0.2, 0) is 15.1 Å². The van der Waals surface area contributed by atoms with Crippen molar-refractivity contribution in [1.29, 1.82) is 0 Å². The van der Waals surface area contributed by atoms with Crippen LogP contribution in [-0.4, -0.2) is 40.8 Å². The largest absolute Gasteiger partial charge is 0.328 e. The molecule has 0 saturated carbocycles. The quantitative estimate of drug-likeness (QED) is 0.566. The summed E-state index contributed by atoms with van der Waals surface area (Å²) in [5.74, 6) is -1.57. The molecule has 3 N–H and O–H groups in total. The van der Waals surface area contributed by atoms with E-state index in [1.165, 1.54) is 0 Å². The Morgan fingerprint density at radius 1 is 0.846 bits per heavy atom. The highest BCUT2D eigenvalue weighted by Crippen LogP contribution is 2.41. The minimum Gasteiger partial charge on any atom is -0.271 e. The van der Waals surface area contributed by atoms with Crippen molar-refractivity contribution < 1.29 is 24.2 Å². The van der Waals surface area contributed by atoms with Gasteiger partial charge in [-0.15, -0.1) is 0 Å². The van der Waals surface area contributed by atoms with Gasteiger partial charge in [0.2, 0.25) is 0 Å². The maximum atomic E-state index is 13.1. The Hall–Kier alpha value is -2.77. The first-order valence-electron chi connectivity index (χ1n) is 8.74. The number of amides is 4. The minimum atomic E-state index is -1.92. The third-order valence-electron chi connectivity index (χ3n) is 5.47. The first-order valence-corrected chi connectivity index (χ1v) is 8.74. The zero-order valence-electron chi connectivity index (χ0n) is 14.2. The Morgan fingerprint density at radius 2 is 1.46 bits per heavy atom. The van der Waals surface area contributed by atoms with Gasteiger partial charge in [-0.1, -0.05) is 42.5 Å². The monoisotopic (exact) mass is 354 g/mol. The summed E-state index contributed by atoms with van der Waals surface area (Å²) in [6, 6.07) is 11.9. The van der Waals surface area contributed by atoms with Crippen molar-refractivity contribution in [3.8, 4) is 0 Å². The number of likely N-dealkylation sites (tertiary alicyclic amines) is 1. The molecule has 0 aliphatic carbocycles. The third kappa shape index (κ3) is 2.17. The highest BCUT2D eigenvalue weighted by atomic mass is 16.6. The van der Waals surface area contributed by atoms with Gasteiger partial charge in [-0.3, -0.25) is 20.2 Å². The van der Waals surface area contributed by atoms with Gasteiger partial charge in [0.15, 0.2) is 0 Å². The van der Waals surface area contributed by atoms with Crippen molar-refractivity contribution in [1.82, 2.24) is 10.6 Å². The van der Waals surface area contributed by atoms with Gasteiger partial charge in [0.25, 0.3) is 0 Å². The summed E-state index contributed by atoms with van der Waals surface area (Å²) in [7, 11) is 0. The number of barbiturate groups is 1. The second-order valence-corrected chi connectivity index (χ2v) is 6.91. The molecule has 2 aliphatic heterocycles. The summed E-state index contributed by atoms with van der Waals surface area (Å²) in [6.45, 7) is 0.524. The minimum absolute atomic E-state index is 0.262. The number of urea groups is 1. The van der Waals surface area contributed by atoms with E-state index in [0.29, 0.717) is 23.8 Å². The number of rotatable bonds is 2. The standard InChI is InChI=1S/C19H19N3O4/c23-16-19(17(24)21-18(25)20-16,22(26)11-4-1-5-12-22)15-10-6-8-13-7-2-3-9-14(13)15/h2-3,6-10,26H,1,4-5,11-12H2,(H-,20,21,23,24,25)/p+1. The number of carbonyl (C=O) groups excluding carboxylic acids is 3. The fraction of sp³-hybridized carbons (Fsp3) is 0.316. The van der Waals surface area contributed by atoms with E-state index in [2.05, 4.69) is 10.6 Å². The molecule has 2 fully saturated rings. The lowest BCUT2D eigenvalue weighted by atomic mass is 9.80. The van der Waals surface area contributed by atoms with Gasteiger partial charge >= 0.3 is 23.4 Å². The van der Waals surface area contributed by atoms with Crippen molar-refractivity contribution in [3.63, 3.8) is 0 Å². The van der Waals surface area contributed by atoms with Crippen LogP contribution >= 0.6 is 0 Å². The van der Waals surface area contributed by atoms with E-state index in [4.69, 9.17) is 0 Å². The van der Waals surface area contributed by atoms with Gasteiger partial charge in [-0.25, -0.2) is 10.0 Å². The van der Waals surface area contributed by atoms with Crippen molar-refractivity contribution >= 4 is 28.6 Å². The molecule has 0 radical (unpaired) electrons. The summed E-state index contributed by atoms with van der Waals surface area (Å²) in [6.07, 6.45) is 2.31. The highest BCUT2D eigenvalue weighted by Gasteiger charge is 2.67. The Labute approximate surface area is 150 Å². The molecule has 4 rings (SSSR count). The third-order valence-corrected chi connectivity index (χ3v) is 5.47. The van der Waals surface area contributed by atoms with Gasteiger partial charge in [0.1, 0.15) is 13.1 Å². The van der Waals surface area contributed by atoms with Gasteiger partial charge in [0, 0.05) is 5.56 Å². The van der Waals surface area contributed by atoms with Crippen molar-refractivity contribution in [3.05, 3.63) is 48.0 Å². The smallest absolute Gasteiger partial charge is 0.271 e. The summed E-state index contributed by atoms with van der Waals surface area (Å²) in [5, 5.41) is 17.4. The number of benzene rings is 2. The van der Waals surface area contributed by atoms with Crippen LogP contribution in [0.25, 0.3) is 10.8 Å². The van der Waals surface area contributed by atoms with Gasteiger partial charge in [-0.05, 0) is 30.0 Å². The molecule has 7 nitrogen and oxygen atoms in total. The number of piperidine rings is 1. The molecule has 26 heavy (non-hydrogen) atoms. The maximum absolute atomic E-state index is 13.1. The first kappa shape index (κ1) is 16.7. The number of hydrogen-bond acceptors (Lipinski definition) is 4. The number of fused-ring (bicyclic) bond motifs is 1. The van der Waals surface area contributed by atoms with Crippen LogP contribution in [0, 0.1) is 0 Å². The molecular formula is C19H20N3O4+. The predicted octanol–water partition coefficient (Wildman–Crippen LogP) is 1.79. The molecule has 2 saturated heterocycles. The molecule has 4 amide bonds. The number of hydrogen-bond donors (Lipinski definition) is 3. The zero-order valence-corrected chi connectivity index (χ0v) is 14.2. The number of imide groups is 2. The predicted molar refractivity (Wildman–Crippen MR) is 92.9 cm³/mol. The Morgan fingerprint density at radius 3 is 2.15 bits per heavy atom. The zero-order chi connectivity index (χ0) is 18.4. The fourth-order valence-electron chi connectivity index (χ4n) is 4.28. The lowest BCUT2D eigenvalue weighted by Gasteiger charge is -2.47. The van der Waals surface area contributed by atoms with E-state index in [0.717, 1.165) is 11.8 Å². The normalized spacial score (nSPS) is 22.0. The molecule has 2 aromatic carbocycles. The van der Waals surface area contributed by atoms with Crippen LogP contribution in [0.15, 0.2) is 42.5 Å². The van der Waals surface area contributed by atoms with Gasteiger partial charge < -0.3 is 0 Å². The number of quaternary nitrogens is 1. The fourth-order valence-corrected chi connectivity index (χ4v) is 4.28. The van der Waals surface area contributed by atoms with Crippen molar-refractivity contribution in [2.24, 2.45) is 0 Å². The van der Waals surface area contributed by atoms with Crippen LogP contribution in [0.4, 0.5) is 4.79 Å². The van der Waals surface area contributed by atoms with Crippen molar-refractivity contribution in [2.75, 3.05) is 13.1 Å². The Kier molecular flexibility index (Phi) is 3.78. The lowest BCUT2D eigenvalue weighted by molar-refractivity contribution is -1.13. The van der Waals surface area contributed by atoms with E-state index >= 15 is 0 Å². The first-order chi connectivity index (χ1) is 12.5. The van der Waals surface area contributed by atoms with E-state index in [1.807, 2.05) is 30.3 Å². The lowest BCUT2D eigenvalue weighted by Crippen LogP contribution is -2.77. The highest BCUT2D eigenvalue weighted by molar-refractivity contribution is 6.22. The van der Waals surface area contributed by atoms with E-state index in [-0.39, 0.29) is 13.1 Å². The molecule has 0 bridgehead atoms. The second kappa shape index (κ2) is 5.89. The van der Waals surface area contributed by atoms with Crippen LogP contribution in [0.2, 0.25) is 0 Å². The number of nitrogens with zero attached hydrogens (tertiary/aromatic N) is 1. The van der Waals surface area contributed by atoms with Crippen LogP contribution < -0.4 is 10.6 Å². The molecule has 7 heteroatoms. The van der Waals surface area contributed by atoms with Crippen LogP contribution in [0.5, 0.6) is 0 Å². The number of hydroxylamine groups is 3.